The molecule has 0 fully saturated rings. The van der Waals surface area contributed by atoms with Gasteiger partial charge in [0.05, 0.1) is 27.6 Å². The van der Waals surface area contributed by atoms with Crippen LogP contribution in [0, 0.1) is 0 Å². The van der Waals surface area contributed by atoms with E-state index >= 15 is 0 Å². The molecule has 0 spiro atoms. The van der Waals surface area contributed by atoms with Gasteiger partial charge in [-0.1, -0.05) is 127 Å². The maximum atomic E-state index is 2.53. The van der Waals surface area contributed by atoms with Gasteiger partial charge in [-0.2, -0.15) is 0 Å². The average Bonchev–Trinajstić information content (AvgIpc) is 4.02. The molecule has 0 saturated carbocycles. The maximum absolute atomic E-state index is 2.53. The van der Waals surface area contributed by atoms with Crippen molar-refractivity contribution < 1.29 is 0 Å². The monoisotopic (exact) mass is 742 g/mol. The van der Waals surface area contributed by atoms with Gasteiger partial charge >= 0.3 is 0 Å². The lowest BCUT2D eigenvalue weighted by Crippen LogP contribution is -2.00. The van der Waals surface area contributed by atoms with Gasteiger partial charge in [0, 0.05) is 64.1 Å². The minimum Gasteiger partial charge on any atom is -0.309 e. The highest BCUT2D eigenvalue weighted by molar-refractivity contribution is 7.26. The van der Waals surface area contributed by atoms with Gasteiger partial charge in [-0.25, -0.2) is 0 Å². The molecule has 0 amide bonds. The molecule has 4 aromatic heterocycles. The van der Waals surface area contributed by atoms with Gasteiger partial charge in [0.15, 0.2) is 0 Å². The Hall–Kier alpha value is -6.94. The molecule has 1 atom stereocenters. The van der Waals surface area contributed by atoms with E-state index in [0.29, 0.717) is 0 Å². The Morgan fingerprint density at radius 1 is 0.474 bits per heavy atom. The van der Waals surface area contributed by atoms with E-state index in [1.807, 2.05) is 11.3 Å². The third kappa shape index (κ3) is 4.46. The van der Waals surface area contributed by atoms with Gasteiger partial charge in [-0.15, -0.1) is 11.3 Å². The lowest BCUT2D eigenvalue weighted by Gasteiger charge is -2.18. The van der Waals surface area contributed by atoms with Crippen molar-refractivity contribution in [2.45, 2.75) is 12.3 Å². The normalized spacial score (nSPS) is 14.8. The second-order valence-electron chi connectivity index (χ2n) is 15.6. The fourth-order valence-corrected chi connectivity index (χ4v) is 11.2. The van der Waals surface area contributed by atoms with Gasteiger partial charge in [0.25, 0.3) is 0 Å². The molecular formula is C54H34N2S. The maximum Gasteiger partial charge on any atom is 0.0620 e. The summed E-state index contributed by atoms with van der Waals surface area (Å²) in [6.45, 7) is 0. The summed E-state index contributed by atoms with van der Waals surface area (Å²) in [4.78, 5) is 0. The minimum atomic E-state index is 0.277. The van der Waals surface area contributed by atoms with Crippen molar-refractivity contribution in [1.82, 2.24) is 8.97 Å². The van der Waals surface area contributed by atoms with Crippen LogP contribution in [0.2, 0.25) is 0 Å². The third-order valence-corrected chi connectivity index (χ3v) is 13.8. The molecule has 0 bridgehead atoms. The third-order valence-electron chi connectivity index (χ3n) is 12.6. The summed E-state index contributed by atoms with van der Waals surface area (Å²) in [7, 11) is 0. The van der Waals surface area contributed by atoms with Crippen molar-refractivity contribution in [2.24, 2.45) is 0 Å². The van der Waals surface area contributed by atoms with E-state index in [4.69, 9.17) is 0 Å². The van der Waals surface area contributed by atoms with Crippen LogP contribution in [-0.4, -0.2) is 8.97 Å². The van der Waals surface area contributed by atoms with Crippen LogP contribution in [0.25, 0.3) is 102 Å². The van der Waals surface area contributed by atoms with Gasteiger partial charge in [-0.3, -0.25) is 0 Å². The van der Waals surface area contributed by atoms with Crippen LogP contribution in [0.5, 0.6) is 0 Å². The molecule has 3 heteroatoms. The van der Waals surface area contributed by atoms with E-state index in [2.05, 4.69) is 197 Å². The first kappa shape index (κ1) is 31.3. The lowest BCUT2D eigenvalue weighted by atomic mass is 9.87. The van der Waals surface area contributed by atoms with E-state index in [1.165, 1.54) is 114 Å². The lowest BCUT2D eigenvalue weighted by molar-refractivity contribution is 0.858. The topological polar surface area (TPSA) is 9.34 Å². The average molecular weight is 743 g/mol. The van der Waals surface area contributed by atoms with E-state index in [-0.39, 0.29) is 5.92 Å². The molecule has 13 rings (SSSR count). The van der Waals surface area contributed by atoms with Gasteiger partial charge in [-0.05, 0) is 94.9 Å². The predicted molar refractivity (Wildman–Crippen MR) is 245 cm³/mol. The molecule has 0 N–H and O–H groups in total. The van der Waals surface area contributed by atoms with E-state index in [9.17, 15) is 0 Å². The smallest absolute Gasteiger partial charge is 0.0620 e. The quantitative estimate of drug-likeness (QED) is 0.170. The van der Waals surface area contributed by atoms with Crippen LogP contribution >= 0.6 is 11.3 Å². The molecule has 1 unspecified atom stereocenters. The molecule has 0 saturated heterocycles. The molecule has 2 nitrogen and oxygen atoms in total. The van der Waals surface area contributed by atoms with Crippen molar-refractivity contribution in [3.63, 3.8) is 0 Å². The van der Waals surface area contributed by atoms with E-state index in [0.717, 1.165) is 6.42 Å². The van der Waals surface area contributed by atoms with Crippen LogP contribution in [0.3, 0.4) is 0 Å². The number of thiophene rings is 1. The van der Waals surface area contributed by atoms with Crippen molar-refractivity contribution in [3.8, 4) is 16.8 Å². The number of para-hydroxylation sites is 3. The summed E-state index contributed by atoms with van der Waals surface area (Å²) >= 11 is 1.91. The molecule has 0 aliphatic heterocycles. The summed E-state index contributed by atoms with van der Waals surface area (Å²) in [6, 6.07) is 63.2. The summed E-state index contributed by atoms with van der Waals surface area (Å²) in [6.07, 6.45) is 8.16. The van der Waals surface area contributed by atoms with Crippen LogP contribution in [0.4, 0.5) is 0 Å². The van der Waals surface area contributed by atoms with Crippen LogP contribution in [0.15, 0.2) is 188 Å². The molecule has 4 heterocycles. The van der Waals surface area contributed by atoms with Crippen molar-refractivity contribution in [2.75, 3.05) is 0 Å². The molecule has 57 heavy (non-hydrogen) atoms. The first-order valence-corrected chi connectivity index (χ1v) is 20.7. The second kappa shape index (κ2) is 11.8. The molecular weight excluding hydrogens is 709 g/mol. The van der Waals surface area contributed by atoms with Gasteiger partial charge < -0.3 is 8.97 Å². The van der Waals surface area contributed by atoms with Crippen molar-refractivity contribution in [3.05, 3.63) is 199 Å². The molecule has 0 radical (unpaired) electrons. The second-order valence-corrected chi connectivity index (χ2v) is 16.7. The minimum absolute atomic E-state index is 0.277. The zero-order chi connectivity index (χ0) is 37.2. The fraction of sp³-hybridized carbons (Fsp3) is 0.0370. The number of hydrogen-bond acceptors (Lipinski definition) is 1. The molecule has 1 aliphatic carbocycles. The molecule has 12 aromatic rings. The highest BCUT2D eigenvalue weighted by Crippen LogP contribution is 2.46. The first-order chi connectivity index (χ1) is 28.3. The number of hydrogen-bond donors (Lipinski definition) is 0. The Morgan fingerprint density at radius 2 is 1.16 bits per heavy atom. The van der Waals surface area contributed by atoms with Crippen LogP contribution in [0.1, 0.15) is 23.5 Å². The largest absolute Gasteiger partial charge is 0.309 e. The summed E-state index contributed by atoms with van der Waals surface area (Å²) in [5, 5.41) is 10.5. The fourth-order valence-electron chi connectivity index (χ4n) is 9.99. The van der Waals surface area contributed by atoms with Crippen LogP contribution < -0.4 is 0 Å². The van der Waals surface area contributed by atoms with Crippen molar-refractivity contribution in [1.29, 1.82) is 0 Å². The standard InChI is InChI=1S/C54H34N2S/c1-2-14-38(15-3-1)55-48-21-7-4-16-40(48)45-29-35(25-27-50(45)55)33-12-10-13-34(28-33)36-24-26-42-47-31-37(39-19-11-20-44-43-18-6-9-23-52(43)57-54(39)44)30-46-41-17-5-8-22-49(41)56(53(46)47)51(42)32-36/h1-12,14-32,34H,13H2. The Morgan fingerprint density at radius 3 is 2.02 bits per heavy atom. The molecule has 1 aliphatic rings. The van der Waals surface area contributed by atoms with Crippen molar-refractivity contribution >= 4 is 97.0 Å². The Balaban J connectivity index is 0.960. The number of nitrogens with zero attached hydrogens (tertiary/aromatic N) is 2. The number of fused-ring (bicyclic) bond motifs is 12. The summed E-state index contributed by atoms with van der Waals surface area (Å²) in [5.74, 6) is 0.277. The summed E-state index contributed by atoms with van der Waals surface area (Å²) < 4.78 is 7.62. The number of benzene rings is 8. The Kier molecular flexibility index (Phi) is 6.47. The highest BCUT2D eigenvalue weighted by atomic mass is 32.1. The first-order valence-electron chi connectivity index (χ1n) is 19.9. The predicted octanol–water partition coefficient (Wildman–Crippen LogP) is 15.1. The van der Waals surface area contributed by atoms with Crippen LogP contribution in [-0.2, 0) is 0 Å². The number of allylic oxidation sites excluding steroid dienone is 4. The summed E-state index contributed by atoms with van der Waals surface area (Å²) in [5.41, 5.74) is 14.0. The number of aromatic nitrogens is 2. The highest BCUT2D eigenvalue weighted by Gasteiger charge is 2.22. The molecule has 8 aromatic carbocycles. The molecule has 266 valence electrons. The van der Waals surface area contributed by atoms with Gasteiger partial charge in [0.2, 0.25) is 0 Å². The van der Waals surface area contributed by atoms with E-state index in [1.54, 1.807) is 0 Å². The zero-order valence-corrected chi connectivity index (χ0v) is 31.8. The van der Waals surface area contributed by atoms with E-state index < -0.39 is 0 Å². The Bertz CT molecular complexity index is 3670. The Labute approximate surface area is 332 Å². The number of rotatable bonds is 4. The van der Waals surface area contributed by atoms with Gasteiger partial charge in [0.1, 0.15) is 0 Å². The SMILES string of the molecule is C1=CC(c2ccc3c(c2)c2ccccc2n3-c2ccccc2)=CC(c2ccc3c4cc(-c5cccc6c5sc5ccccc56)cc5c6ccccc6n(c3c2)c54)C1. The zero-order valence-electron chi connectivity index (χ0n) is 31.0.